The van der Waals surface area contributed by atoms with E-state index in [2.05, 4.69) is 5.73 Å². The van der Waals surface area contributed by atoms with Crippen molar-refractivity contribution in [1.82, 2.24) is 0 Å². The van der Waals surface area contributed by atoms with E-state index in [4.69, 9.17) is 4.74 Å². The average Bonchev–Trinajstić information content (AvgIpc) is 2.63. The Kier molecular flexibility index (Phi) is 11.0. The molecule has 25 heavy (non-hydrogen) atoms. The Morgan fingerprint density at radius 1 is 1.04 bits per heavy atom. The Balaban J connectivity index is 0.00000576. The van der Waals surface area contributed by atoms with E-state index in [1.807, 2.05) is 0 Å². The average molecular weight is 390 g/mol. The van der Waals surface area contributed by atoms with Crippen LogP contribution in [0.5, 0.6) is 5.75 Å². The van der Waals surface area contributed by atoms with Gasteiger partial charge in [0.25, 0.3) is 0 Å². The second kappa shape index (κ2) is 11.5. The predicted octanol–water partition coefficient (Wildman–Crippen LogP) is -2.05. The van der Waals surface area contributed by atoms with E-state index < -0.39 is 37.3 Å². The molecule has 0 aliphatic rings. The second-order valence-electron chi connectivity index (χ2n) is 5.90. The van der Waals surface area contributed by atoms with Gasteiger partial charge in [-0.1, -0.05) is 12.1 Å². The summed E-state index contributed by atoms with van der Waals surface area (Å²) < 4.78 is 56.2. The lowest BCUT2D eigenvalue weighted by molar-refractivity contribution is -0.491. The van der Waals surface area contributed by atoms with E-state index >= 15 is 0 Å². The predicted molar refractivity (Wildman–Crippen MR) is 80.7 cm³/mol. The lowest BCUT2D eigenvalue weighted by Gasteiger charge is -2.20. The maximum Gasteiger partial charge on any atom is 0.168 e. The van der Waals surface area contributed by atoms with Crippen LogP contribution in [-0.2, 0) is 6.42 Å². The molecule has 0 aliphatic carbocycles. The molecule has 1 aromatic carbocycles. The molecule has 0 unspecified atom stereocenters. The molecule has 146 valence electrons. The van der Waals surface area contributed by atoms with Crippen molar-refractivity contribution in [2.45, 2.75) is 36.9 Å². The summed E-state index contributed by atoms with van der Waals surface area (Å²) in [6, 6.07) is 6.48. The Bertz CT molecular complexity index is 477. The van der Waals surface area contributed by atoms with Gasteiger partial charge < -0.3 is 33.1 Å². The summed E-state index contributed by atoms with van der Waals surface area (Å²) in [7, 11) is 0. The van der Waals surface area contributed by atoms with Crippen LogP contribution < -0.4 is 22.9 Å². The molecule has 0 bridgehead atoms. The zero-order chi connectivity index (χ0) is 18.2. The number of rotatable bonds is 11. The first-order chi connectivity index (χ1) is 11.3. The monoisotopic (exact) mass is 389 g/mol. The summed E-state index contributed by atoms with van der Waals surface area (Å²) >= 11 is 0. The highest BCUT2D eigenvalue weighted by atomic mass is 35.5. The molecule has 0 amide bonds. The van der Waals surface area contributed by atoms with Crippen molar-refractivity contribution in [3.63, 3.8) is 0 Å². The molecule has 5 N–H and O–H groups in total. The normalized spacial score (nSPS) is 15.2. The SMILES string of the molecule is [Cl-].[NH3+]C(CO)(CO)CCc1ccc(OC[C@@H](F)[C@H](F)[C@@H](F)CF)cc1. The van der Waals surface area contributed by atoms with Gasteiger partial charge in [-0.25, -0.2) is 17.6 Å². The minimum absolute atomic E-state index is 0. The zero-order valence-corrected chi connectivity index (χ0v) is 14.4. The molecule has 1 rings (SSSR count). The van der Waals surface area contributed by atoms with Gasteiger partial charge in [-0.3, -0.25) is 0 Å². The van der Waals surface area contributed by atoms with Crippen molar-refractivity contribution in [2.75, 3.05) is 26.5 Å². The van der Waals surface area contributed by atoms with Crippen LogP contribution in [-0.4, -0.2) is 60.8 Å². The van der Waals surface area contributed by atoms with Crippen LogP contribution in [0.15, 0.2) is 24.3 Å². The zero-order valence-electron chi connectivity index (χ0n) is 13.7. The van der Waals surface area contributed by atoms with Crippen molar-refractivity contribution < 1.29 is 50.7 Å². The molecular weight excluding hydrogens is 366 g/mol. The second-order valence-corrected chi connectivity index (χ2v) is 5.90. The third-order valence-corrected chi connectivity index (χ3v) is 3.79. The number of aliphatic hydroxyl groups is 2. The third kappa shape index (κ3) is 7.77. The fraction of sp³-hybridized carbons (Fsp3) is 0.625. The van der Waals surface area contributed by atoms with E-state index in [0.717, 1.165) is 5.56 Å². The molecule has 0 fully saturated rings. The summed E-state index contributed by atoms with van der Waals surface area (Å²) in [5.41, 5.74) is 3.84. The Hall–Kier alpha value is -1.09. The van der Waals surface area contributed by atoms with E-state index in [9.17, 15) is 27.8 Å². The summed E-state index contributed by atoms with van der Waals surface area (Å²) in [5.74, 6) is 0.273. The minimum atomic E-state index is -2.56. The van der Waals surface area contributed by atoms with Gasteiger partial charge >= 0.3 is 0 Å². The number of aryl methyl sites for hydroxylation is 1. The van der Waals surface area contributed by atoms with Crippen LogP contribution >= 0.6 is 0 Å². The molecule has 0 spiro atoms. The van der Waals surface area contributed by atoms with Crippen LogP contribution in [0.3, 0.4) is 0 Å². The van der Waals surface area contributed by atoms with Gasteiger partial charge in [-0.05, 0) is 24.1 Å². The first kappa shape index (κ1) is 23.9. The van der Waals surface area contributed by atoms with Crippen LogP contribution in [0.1, 0.15) is 12.0 Å². The van der Waals surface area contributed by atoms with Crippen molar-refractivity contribution in [3.05, 3.63) is 29.8 Å². The third-order valence-electron chi connectivity index (χ3n) is 3.79. The molecule has 0 heterocycles. The molecule has 0 saturated carbocycles. The van der Waals surface area contributed by atoms with Crippen LogP contribution in [0.4, 0.5) is 17.6 Å². The number of aliphatic hydroxyl groups excluding tert-OH is 2. The van der Waals surface area contributed by atoms with E-state index in [-0.39, 0.29) is 31.4 Å². The summed E-state index contributed by atoms with van der Waals surface area (Å²) in [4.78, 5) is 0. The Labute approximate surface area is 150 Å². The topological polar surface area (TPSA) is 77.3 Å². The number of benzene rings is 1. The van der Waals surface area contributed by atoms with Gasteiger partial charge in [-0.2, -0.15) is 0 Å². The van der Waals surface area contributed by atoms with Crippen LogP contribution in [0.2, 0.25) is 0 Å². The first-order valence-electron chi connectivity index (χ1n) is 7.62. The highest BCUT2D eigenvalue weighted by molar-refractivity contribution is 5.27. The smallest absolute Gasteiger partial charge is 0.168 e. The van der Waals surface area contributed by atoms with Gasteiger partial charge in [-0.15, -0.1) is 0 Å². The number of hydrogen-bond donors (Lipinski definition) is 3. The highest BCUT2D eigenvalue weighted by Crippen LogP contribution is 2.18. The highest BCUT2D eigenvalue weighted by Gasteiger charge is 2.30. The van der Waals surface area contributed by atoms with E-state index in [0.29, 0.717) is 12.8 Å². The van der Waals surface area contributed by atoms with Crippen molar-refractivity contribution in [3.8, 4) is 5.75 Å². The van der Waals surface area contributed by atoms with Gasteiger partial charge in [0.15, 0.2) is 18.5 Å². The Morgan fingerprint density at radius 3 is 2.08 bits per heavy atom. The lowest BCUT2D eigenvalue weighted by Crippen LogP contribution is -3.00. The van der Waals surface area contributed by atoms with Gasteiger partial charge in [0.2, 0.25) is 0 Å². The molecule has 3 atom stereocenters. The Morgan fingerprint density at radius 2 is 1.60 bits per heavy atom. The van der Waals surface area contributed by atoms with Crippen molar-refractivity contribution in [1.29, 1.82) is 0 Å². The molecule has 0 saturated heterocycles. The molecular formula is C16H24ClF4NO3. The summed E-state index contributed by atoms with van der Waals surface area (Å²) in [6.07, 6.45) is -6.28. The maximum absolute atomic E-state index is 13.4. The fourth-order valence-electron chi connectivity index (χ4n) is 1.95. The molecule has 9 heteroatoms. The molecule has 0 radical (unpaired) electrons. The quantitative estimate of drug-likeness (QED) is 0.381. The van der Waals surface area contributed by atoms with Crippen LogP contribution in [0.25, 0.3) is 0 Å². The first-order valence-corrected chi connectivity index (χ1v) is 7.62. The molecule has 1 aromatic rings. The van der Waals surface area contributed by atoms with Gasteiger partial charge in [0, 0.05) is 6.42 Å². The standard InChI is InChI=1S/C16H23F4NO3.ClH/c17-7-13(18)15(20)14(19)8-24-12-3-1-11(2-4-12)5-6-16(21,9-22)10-23;/h1-4,13-15,22-23H,5-10,21H2;1H/t13-,14+,15+;/m0./s1. The van der Waals surface area contributed by atoms with Crippen LogP contribution in [0, 0.1) is 0 Å². The van der Waals surface area contributed by atoms with Gasteiger partial charge in [0.05, 0.1) is 0 Å². The fourth-order valence-corrected chi connectivity index (χ4v) is 1.95. The largest absolute Gasteiger partial charge is 1.00 e. The molecule has 0 aromatic heterocycles. The number of ether oxygens (including phenoxy) is 1. The summed E-state index contributed by atoms with van der Waals surface area (Å²) in [5, 5.41) is 18.3. The van der Waals surface area contributed by atoms with E-state index in [1.165, 1.54) is 0 Å². The van der Waals surface area contributed by atoms with Crippen molar-refractivity contribution in [2.24, 2.45) is 0 Å². The maximum atomic E-state index is 13.4. The minimum Gasteiger partial charge on any atom is -1.00 e. The lowest BCUT2D eigenvalue weighted by atomic mass is 9.94. The molecule has 0 aliphatic heterocycles. The van der Waals surface area contributed by atoms with Crippen molar-refractivity contribution >= 4 is 0 Å². The number of quaternary nitrogens is 1. The number of halogens is 5. The van der Waals surface area contributed by atoms with E-state index in [1.54, 1.807) is 24.3 Å². The number of hydrogen-bond acceptors (Lipinski definition) is 3. The number of alkyl halides is 4. The summed E-state index contributed by atoms with van der Waals surface area (Å²) in [6.45, 7) is -2.76. The van der Waals surface area contributed by atoms with Gasteiger partial charge in [0.1, 0.15) is 37.8 Å². The molecule has 4 nitrogen and oxygen atoms in total.